The maximum absolute atomic E-state index is 13.0. The summed E-state index contributed by atoms with van der Waals surface area (Å²) in [6, 6.07) is 20.0. The molecule has 5 nitrogen and oxygen atoms in total. The van der Waals surface area contributed by atoms with Crippen molar-refractivity contribution in [3.05, 3.63) is 88.4 Å². The van der Waals surface area contributed by atoms with Crippen molar-refractivity contribution in [2.24, 2.45) is 0 Å². The van der Waals surface area contributed by atoms with Gasteiger partial charge in [0.05, 0.1) is 16.1 Å². The molecule has 1 atom stereocenters. The van der Waals surface area contributed by atoms with E-state index in [-0.39, 0.29) is 11.5 Å². The monoisotopic (exact) mass is 437 g/mol. The number of carbonyl (C=O) groups excluding carboxylic acids is 1. The fourth-order valence-electron chi connectivity index (χ4n) is 3.30. The zero-order valence-corrected chi connectivity index (χ0v) is 18.1. The van der Waals surface area contributed by atoms with Crippen molar-refractivity contribution in [1.29, 1.82) is 0 Å². The Morgan fingerprint density at radius 1 is 1.07 bits per heavy atom. The van der Waals surface area contributed by atoms with Gasteiger partial charge in [-0.3, -0.25) is 9.78 Å². The van der Waals surface area contributed by atoms with Crippen molar-refractivity contribution in [2.45, 2.75) is 10.9 Å². The smallest absolute Gasteiger partial charge is 0.321 e. The Balaban J connectivity index is 1.62. The number of aromatic amines is 1. The molecule has 4 aromatic rings. The van der Waals surface area contributed by atoms with Crippen LogP contribution in [0.2, 0.25) is 5.02 Å². The zero-order chi connectivity index (χ0) is 21.3. The fourth-order valence-corrected chi connectivity index (χ4v) is 4.74. The van der Waals surface area contributed by atoms with Crippen LogP contribution in [0.1, 0.15) is 21.5 Å². The number of hydrogen-bond donors (Lipinski definition) is 1. The van der Waals surface area contributed by atoms with E-state index in [1.165, 1.54) is 0 Å². The van der Waals surface area contributed by atoms with Gasteiger partial charge in [0.2, 0.25) is 0 Å². The number of anilines is 1. The first-order chi connectivity index (χ1) is 14.4. The van der Waals surface area contributed by atoms with E-state index in [0.29, 0.717) is 26.8 Å². The molecular weight excluding hydrogens is 418 g/mol. The third-order valence-electron chi connectivity index (χ3n) is 4.83. The fraction of sp³-hybridized carbons (Fsp3) is 0.130. The molecule has 0 aliphatic carbocycles. The van der Waals surface area contributed by atoms with Gasteiger partial charge in [0.15, 0.2) is 5.78 Å². The van der Waals surface area contributed by atoms with Crippen molar-refractivity contribution in [2.75, 3.05) is 19.0 Å². The molecule has 1 N–H and O–H groups in total. The van der Waals surface area contributed by atoms with Crippen molar-refractivity contribution >= 4 is 45.3 Å². The van der Waals surface area contributed by atoms with Crippen LogP contribution in [0.25, 0.3) is 11.0 Å². The number of nitrogens with one attached hydrogen (secondary N) is 1. The number of benzene rings is 3. The van der Waals surface area contributed by atoms with Gasteiger partial charge in [-0.05, 0) is 30.3 Å². The lowest BCUT2D eigenvalue weighted by molar-refractivity contribution is 0.103. The average Bonchev–Trinajstić information content (AvgIpc) is 3.18. The van der Waals surface area contributed by atoms with Crippen LogP contribution in [0.5, 0.6) is 0 Å². The van der Waals surface area contributed by atoms with Crippen LogP contribution < -0.4 is 4.90 Å². The molecule has 30 heavy (non-hydrogen) atoms. The minimum atomic E-state index is -1.42. The third-order valence-corrected chi connectivity index (χ3v) is 6.36. The lowest BCUT2D eigenvalue weighted by atomic mass is 10.0. The summed E-state index contributed by atoms with van der Waals surface area (Å²) in [5.41, 5.74) is 4.22. The minimum absolute atomic E-state index is 0.0742. The Morgan fingerprint density at radius 3 is 2.57 bits per heavy atom. The van der Waals surface area contributed by atoms with Gasteiger partial charge in [-0.2, -0.15) is 4.98 Å². The van der Waals surface area contributed by atoms with Crippen molar-refractivity contribution in [3.63, 3.8) is 0 Å². The van der Waals surface area contributed by atoms with E-state index in [1.54, 1.807) is 36.4 Å². The van der Waals surface area contributed by atoms with Gasteiger partial charge in [-0.25, -0.2) is 0 Å². The molecule has 0 saturated carbocycles. The number of imidazole rings is 1. The standard InChI is InChI=1S/C23H20ClN3O2S/c1-27(2)21-10-6-9-18(24)17(21)14-30(29)23-25-19-12-11-16(13-20(19)26-23)22(28)15-7-4-3-5-8-15/h3-13H,14H2,1-2H3,(H,25,26). The van der Waals surface area contributed by atoms with E-state index in [0.717, 1.165) is 16.8 Å². The number of carbonyl (C=O) groups is 1. The summed E-state index contributed by atoms with van der Waals surface area (Å²) in [5.74, 6) is 0.165. The first kappa shape index (κ1) is 20.5. The number of hydrogen-bond acceptors (Lipinski definition) is 4. The highest BCUT2D eigenvalue weighted by Crippen LogP contribution is 2.30. The molecule has 0 fully saturated rings. The van der Waals surface area contributed by atoms with Gasteiger partial charge < -0.3 is 9.45 Å². The number of nitrogens with zero attached hydrogens (tertiary/aromatic N) is 2. The quantitative estimate of drug-likeness (QED) is 0.346. The Kier molecular flexibility index (Phi) is 5.81. The maximum atomic E-state index is 13.0. The summed E-state index contributed by atoms with van der Waals surface area (Å²) in [5, 5.41) is 0.931. The molecule has 0 radical (unpaired) electrons. The summed E-state index contributed by atoms with van der Waals surface area (Å²) >= 11 is 4.95. The lowest BCUT2D eigenvalue weighted by Crippen LogP contribution is -2.15. The molecule has 1 heterocycles. The van der Waals surface area contributed by atoms with Gasteiger partial charge in [0, 0.05) is 47.6 Å². The van der Waals surface area contributed by atoms with Crippen LogP contribution in [0, 0.1) is 0 Å². The second-order valence-corrected chi connectivity index (χ2v) is 8.86. The predicted molar refractivity (Wildman–Crippen MR) is 122 cm³/mol. The molecule has 1 unspecified atom stereocenters. The molecule has 0 aliphatic rings. The number of halogens is 1. The SMILES string of the molecule is CN(C)c1cccc(Cl)c1C[S+]([O-])c1nc2cc(C(=O)c3ccccc3)ccc2[nH]1. The number of H-pyrrole nitrogens is 1. The topological polar surface area (TPSA) is 72.0 Å². The van der Waals surface area contributed by atoms with Crippen LogP contribution in [0.4, 0.5) is 5.69 Å². The van der Waals surface area contributed by atoms with Crippen molar-refractivity contribution in [3.8, 4) is 0 Å². The third kappa shape index (κ3) is 4.07. The Labute approximate surface area is 182 Å². The number of aromatic nitrogens is 2. The largest absolute Gasteiger partial charge is 0.609 e. The molecule has 0 aliphatic heterocycles. The van der Waals surface area contributed by atoms with Crippen LogP contribution in [0.15, 0.2) is 71.9 Å². The molecular formula is C23H20ClN3O2S. The van der Waals surface area contributed by atoms with Crippen molar-refractivity contribution in [1.82, 2.24) is 9.97 Å². The van der Waals surface area contributed by atoms with E-state index in [9.17, 15) is 9.35 Å². The summed E-state index contributed by atoms with van der Waals surface area (Å²) in [7, 11) is 3.84. The summed E-state index contributed by atoms with van der Waals surface area (Å²) in [4.78, 5) is 22.2. The van der Waals surface area contributed by atoms with Crippen LogP contribution in [-0.2, 0) is 16.9 Å². The Bertz CT molecular complexity index is 1210. The molecule has 152 valence electrons. The molecule has 0 bridgehead atoms. The normalized spacial score (nSPS) is 12.1. The second-order valence-electron chi connectivity index (χ2n) is 7.09. The molecule has 0 saturated heterocycles. The Hall–Kier alpha value is -2.80. The van der Waals surface area contributed by atoms with Crippen molar-refractivity contribution < 1.29 is 9.35 Å². The maximum Gasteiger partial charge on any atom is 0.321 e. The highest BCUT2D eigenvalue weighted by molar-refractivity contribution is 7.90. The zero-order valence-electron chi connectivity index (χ0n) is 16.6. The molecule has 7 heteroatoms. The predicted octanol–water partition coefficient (Wildman–Crippen LogP) is 4.82. The molecule has 0 spiro atoms. The second kappa shape index (κ2) is 8.52. The van der Waals surface area contributed by atoms with Crippen LogP contribution in [-0.4, -0.2) is 34.4 Å². The highest BCUT2D eigenvalue weighted by Gasteiger charge is 2.22. The van der Waals surface area contributed by atoms with E-state index in [4.69, 9.17) is 11.6 Å². The minimum Gasteiger partial charge on any atom is -0.609 e. The first-order valence-electron chi connectivity index (χ1n) is 9.36. The number of fused-ring (bicyclic) bond motifs is 1. The van der Waals surface area contributed by atoms with Gasteiger partial charge in [0.1, 0.15) is 5.75 Å². The summed E-state index contributed by atoms with van der Waals surface area (Å²) in [6.45, 7) is 0. The van der Waals surface area contributed by atoms with Crippen LogP contribution in [0.3, 0.4) is 0 Å². The molecule has 3 aromatic carbocycles. The highest BCUT2D eigenvalue weighted by atomic mass is 35.5. The van der Waals surface area contributed by atoms with Gasteiger partial charge >= 0.3 is 5.16 Å². The molecule has 4 rings (SSSR count). The van der Waals surface area contributed by atoms with E-state index < -0.39 is 11.2 Å². The molecule has 0 amide bonds. The Morgan fingerprint density at radius 2 is 1.83 bits per heavy atom. The van der Waals surface area contributed by atoms with E-state index in [2.05, 4.69) is 9.97 Å². The summed E-state index contributed by atoms with van der Waals surface area (Å²) in [6.07, 6.45) is 0. The average molecular weight is 438 g/mol. The number of ketones is 1. The van der Waals surface area contributed by atoms with E-state index >= 15 is 0 Å². The van der Waals surface area contributed by atoms with Gasteiger partial charge in [-0.15, -0.1) is 0 Å². The lowest BCUT2D eigenvalue weighted by Gasteiger charge is -2.18. The summed E-state index contributed by atoms with van der Waals surface area (Å²) < 4.78 is 13.0. The first-order valence-corrected chi connectivity index (χ1v) is 11.1. The van der Waals surface area contributed by atoms with Gasteiger partial charge in [0.25, 0.3) is 0 Å². The molecule has 1 aromatic heterocycles. The number of rotatable bonds is 6. The van der Waals surface area contributed by atoms with Gasteiger partial charge in [-0.1, -0.05) is 48.0 Å². The van der Waals surface area contributed by atoms with E-state index in [1.807, 2.05) is 49.3 Å². The van der Waals surface area contributed by atoms with Crippen LogP contribution >= 0.6 is 11.6 Å².